The molecule has 3 aliphatic heterocycles. The summed E-state index contributed by atoms with van der Waals surface area (Å²) in [7, 11) is 2.33. The predicted octanol–water partition coefficient (Wildman–Crippen LogP) is 0.535. The molecule has 3 heterocycles. The SMILES string of the molecule is CN1CCCN(C2CCOC2)CC12CCNCC2. The van der Waals surface area contributed by atoms with Gasteiger partial charge in [0.1, 0.15) is 0 Å². The summed E-state index contributed by atoms with van der Waals surface area (Å²) in [6.07, 6.45) is 5.14. The predicted molar refractivity (Wildman–Crippen MR) is 72.9 cm³/mol. The Morgan fingerprint density at radius 3 is 2.78 bits per heavy atom. The molecule has 0 amide bonds. The maximum Gasteiger partial charge on any atom is 0.0622 e. The molecule has 0 aliphatic carbocycles. The van der Waals surface area contributed by atoms with Gasteiger partial charge in [0.05, 0.1) is 6.61 Å². The highest BCUT2D eigenvalue weighted by Gasteiger charge is 2.40. The first-order valence-corrected chi connectivity index (χ1v) is 7.54. The zero-order chi connectivity index (χ0) is 12.4. The molecule has 4 nitrogen and oxygen atoms in total. The van der Waals surface area contributed by atoms with Crippen molar-refractivity contribution in [3.8, 4) is 0 Å². The highest BCUT2D eigenvalue weighted by Crippen LogP contribution is 2.30. The molecule has 0 aromatic rings. The van der Waals surface area contributed by atoms with Gasteiger partial charge in [-0.1, -0.05) is 0 Å². The van der Waals surface area contributed by atoms with Crippen LogP contribution in [0.4, 0.5) is 0 Å². The Labute approximate surface area is 111 Å². The van der Waals surface area contributed by atoms with Gasteiger partial charge in [-0.15, -0.1) is 0 Å². The first kappa shape index (κ1) is 12.9. The molecule has 3 aliphatic rings. The van der Waals surface area contributed by atoms with Crippen LogP contribution in [-0.4, -0.2) is 74.4 Å². The van der Waals surface area contributed by atoms with Crippen LogP contribution in [0.5, 0.6) is 0 Å². The van der Waals surface area contributed by atoms with Gasteiger partial charge in [0.15, 0.2) is 0 Å². The van der Waals surface area contributed by atoms with Crippen molar-refractivity contribution >= 4 is 0 Å². The Morgan fingerprint density at radius 2 is 2.06 bits per heavy atom. The fourth-order valence-corrected chi connectivity index (χ4v) is 3.88. The average Bonchev–Trinajstić information content (AvgIpc) is 2.88. The Bertz CT molecular complexity index is 272. The molecule has 0 radical (unpaired) electrons. The Balaban J connectivity index is 1.73. The fourth-order valence-electron chi connectivity index (χ4n) is 3.88. The number of nitrogens with zero attached hydrogens (tertiary/aromatic N) is 2. The molecule has 1 unspecified atom stereocenters. The summed E-state index contributed by atoms with van der Waals surface area (Å²) in [5, 5.41) is 3.51. The largest absolute Gasteiger partial charge is 0.380 e. The molecule has 0 bridgehead atoms. The van der Waals surface area contributed by atoms with Gasteiger partial charge >= 0.3 is 0 Å². The number of piperidine rings is 1. The molecule has 0 aromatic heterocycles. The molecule has 0 saturated carbocycles. The van der Waals surface area contributed by atoms with E-state index < -0.39 is 0 Å². The van der Waals surface area contributed by atoms with Gasteiger partial charge in [0.25, 0.3) is 0 Å². The molecular formula is C14H27N3O. The summed E-state index contributed by atoms with van der Waals surface area (Å²) < 4.78 is 5.59. The van der Waals surface area contributed by atoms with Crippen LogP contribution in [0.2, 0.25) is 0 Å². The summed E-state index contributed by atoms with van der Waals surface area (Å²) in [6, 6.07) is 0.684. The van der Waals surface area contributed by atoms with Gasteiger partial charge in [-0.3, -0.25) is 9.80 Å². The maximum atomic E-state index is 5.59. The number of nitrogens with one attached hydrogen (secondary N) is 1. The smallest absolute Gasteiger partial charge is 0.0622 e. The zero-order valence-electron chi connectivity index (χ0n) is 11.7. The molecule has 3 saturated heterocycles. The molecule has 0 aromatic carbocycles. The molecule has 3 rings (SSSR count). The van der Waals surface area contributed by atoms with Gasteiger partial charge < -0.3 is 10.1 Å². The second kappa shape index (κ2) is 5.45. The minimum atomic E-state index is 0.421. The van der Waals surface area contributed by atoms with Crippen molar-refractivity contribution in [1.29, 1.82) is 0 Å². The van der Waals surface area contributed by atoms with Crippen LogP contribution in [0.25, 0.3) is 0 Å². The van der Waals surface area contributed by atoms with E-state index in [1.54, 1.807) is 0 Å². The molecule has 3 fully saturated rings. The Morgan fingerprint density at radius 1 is 1.22 bits per heavy atom. The quantitative estimate of drug-likeness (QED) is 0.738. The number of hydrogen-bond acceptors (Lipinski definition) is 4. The first-order chi connectivity index (χ1) is 8.80. The van der Waals surface area contributed by atoms with Gasteiger partial charge in [-0.05, 0) is 58.9 Å². The minimum Gasteiger partial charge on any atom is -0.380 e. The van der Waals surface area contributed by atoms with E-state index in [2.05, 4.69) is 22.2 Å². The van der Waals surface area contributed by atoms with E-state index in [0.717, 1.165) is 13.2 Å². The van der Waals surface area contributed by atoms with Crippen LogP contribution in [-0.2, 0) is 4.74 Å². The van der Waals surface area contributed by atoms with Crippen molar-refractivity contribution in [3.05, 3.63) is 0 Å². The second-order valence-corrected chi connectivity index (χ2v) is 6.24. The Hall–Kier alpha value is -0.160. The lowest BCUT2D eigenvalue weighted by atomic mass is 9.86. The second-order valence-electron chi connectivity index (χ2n) is 6.24. The summed E-state index contributed by atoms with van der Waals surface area (Å²) in [5.41, 5.74) is 0.421. The van der Waals surface area contributed by atoms with Crippen molar-refractivity contribution in [2.45, 2.75) is 37.3 Å². The molecule has 18 heavy (non-hydrogen) atoms. The lowest BCUT2D eigenvalue weighted by Crippen LogP contribution is -2.58. The van der Waals surface area contributed by atoms with Crippen molar-refractivity contribution in [3.63, 3.8) is 0 Å². The normalized spacial score (nSPS) is 34.8. The lowest BCUT2D eigenvalue weighted by Gasteiger charge is -2.46. The van der Waals surface area contributed by atoms with Crippen LogP contribution in [0.15, 0.2) is 0 Å². The zero-order valence-corrected chi connectivity index (χ0v) is 11.7. The fraction of sp³-hybridized carbons (Fsp3) is 1.00. The molecule has 1 spiro atoms. The minimum absolute atomic E-state index is 0.421. The van der Waals surface area contributed by atoms with Crippen LogP contribution in [0.1, 0.15) is 25.7 Å². The van der Waals surface area contributed by atoms with E-state index in [1.807, 2.05) is 0 Å². The number of hydrogen-bond donors (Lipinski definition) is 1. The molecule has 1 N–H and O–H groups in total. The van der Waals surface area contributed by atoms with Crippen molar-refractivity contribution in [2.24, 2.45) is 0 Å². The van der Waals surface area contributed by atoms with E-state index in [0.29, 0.717) is 11.6 Å². The van der Waals surface area contributed by atoms with E-state index in [-0.39, 0.29) is 0 Å². The van der Waals surface area contributed by atoms with E-state index in [9.17, 15) is 0 Å². The number of rotatable bonds is 1. The van der Waals surface area contributed by atoms with Gasteiger partial charge in [0, 0.05) is 24.7 Å². The summed E-state index contributed by atoms with van der Waals surface area (Å²) >= 11 is 0. The van der Waals surface area contributed by atoms with Crippen LogP contribution in [0.3, 0.4) is 0 Å². The van der Waals surface area contributed by atoms with Crippen molar-refractivity contribution in [1.82, 2.24) is 15.1 Å². The standard InChI is InChI=1S/C14H27N3O/c1-16-8-2-9-17(13-3-10-18-11-13)12-14(16)4-6-15-7-5-14/h13,15H,2-12H2,1H3. The first-order valence-electron chi connectivity index (χ1n) is 7.54. The third-order valence-electron chi connectivity index (χ3n) is 5.20. The van der Waals surface area contributed by atoms with Gasteiger partial charge in [-0.2, -0.15) is 0 Å². The summed E-state index contributed by atoms with van der Waals surface area (Å²) in [5.74, 6) is 0. The van der Waals surface area contributed by atoms with Crippen LogP contribution >= 0.6 is 0 Å². The molecule has 1 atom stereocenters. The van der Waals surface area contributed by atoms with Crippen LogP contribution < -0.4 is 5.32 Å². The molecule has 4 heteroatoms. The van der Waals surface area contributed by atoms with Crippen LogP contribution in [0, 0.1) is 0 Å². The van der Waals surface area contributed by atoms with E-state index in [1.165, 1.54) is 58.4 Å². The molecule has 104 valence electrons. The summed E-state index contributed by atoms with van der Waals surface area (Å²) in [6.45, 7) is 8.04. The van der Waals surface area contributed by atoms with Crippen molar-refractivity contribution in [2.75, 3.05) is 53.0 Å². The average molecular weight is 253 g/mol. The van der Waals surface area contributed by atoms with Gasteiger partial charge in [0.2, 0.25) is 0 Å². The maximum absolute atomic E-state index is 5.59. The summed E-state index contributed by atoms with van der Waals surface area (Å²) in [4.78, 5) is 5.37. The van der Waals surface area contributed by atoms with Gasteiger partial charge in [-0.25, -0.2) is 0 Å². The topological polar surface area (TPSA) is 27.7 Å². The highest BCUT2D eigenvalue weighted by molar-refractivity contribution is 4.99. The number of likely N-dealkylation sites (N-methyl/N-ethyl adjacent to an activating group) is 1. The molecular weight excluding hydrogens is 226 g/mol. The van der Waals surface area contributed by atoms with E-state index in [4.69, 9.17) is 4.74 Å². The number of ether oxygens (including phenoxy) is 1. The Kier molecular flexibility index (Phi) is 3.89. The third kappa shape index (κ3) is 2.44. The lowest BCUT2D eigenvalue weighted by molar-refractivity contribution is 0.0494. The van der Waals surface area contributed by atoms with E-state index >= 15 is 0 Å². The van der Waals surface area contributed by atoms with Crippen molar-refractivity contribution < 1.29 is 4.74 Å². The third-order valence-corrected chi connectivity index (χ3v) is 5.20. The monoisotopic (exact) mass is 253 g/mol. The highest BCUT2D eigenvalue weighted by atomic mass is 16.5.